The number of pyridine rings is 1. The van der Waals surface area contributed by atoms with Gasteiger partial charge in [-0.2, -0.15) is 0 Å². The molecular weight excluding hydrogens is 428 g/mol. The molecule has 0 fully saturated rings. The van der Waals surface area contributed by atoms with Crippen LogP contribution in [0.4, 0.5) is 22.0 Å². The van der Waals surface area contributed by atoms with E-state index in [4.69, 9.17) is 10.7 Å². The van der Waals surface area contributed by atoms with Crippen molar-refractivity contribution in [2.45, 2.75) is 19.9 Å². The van der Waals surface area contributed by atoms with E-state index in [1.165, 1.54) is 0 Å². The highest BCUT2D eigenvalue weighted by molar-refractivity contribution is 6.03. The number of rotatable bonds is 4. The molecule has 172 valence electrons. The van der Waals surface area contributed by atoms with Gasteiger partial charge >= 0.3 is 6.03 Å². The molecule has 0 aliphatic carbocycles. The minimum atomic E-state index is -0.242. The number of hydrogen-bond acceptors (Lipinski definition) is 6. The third kappa shape index (κ3) is 4.33. The van der Waals surface area contributed by atoms with Gasteiger partial charge in [-0.15, -0.1) is 5.10 Å². The first-order valence-electron chi connectivity index (χ1n) is 11.2. The van der Waals surface area contributed by atoms with Crippen molar-refractivity contribution in [3.63, 3.8) is 0 Å². The van der Waals surface area contributed by atoms with Crippen molar-refractivity contribution >= 4 is 23.2 Å². The van der Waals surface area contributed by atoms with Gasteiger partial charge in [0.2, 0.25) is 0 Å². The fourth-order valence-corrected chi connectivity index (χ4v) is 4.04. The van der Waals surface area contributed by atoms with Crippen molar-refractivity contribution in [2.75, 3.05) is 28.6 Å². The quantitative estimate of drug-likeness (QED) is 0.430. The van der Waals surface area contributed by atoms with Crippen LogP contribution in [0.2, 0.25) is 0 Å². The largest absolute Gasteiger partial charge is 0.382 e. The molecule has 2 amide bonds. The van der Waals surface area contributed by atoms with Gasteiger partial charge in [-0.3, -0.25) is 4.90 Å². The van der Waals surface area contributed by atoms with Crippen LogP contribution in [0.15, 0.2) is 66.9 Å². The first kappa shape index (κ1) is 21.6. The highest BCUT2D eigenvalue weighted by Gasteiger charge is 2.23. The summed E-state index contributed by atoms with van der Waals surface area (Å²) in [6.07, 6.45) is 2.44. The van der Waals surface area contributed by atoms with Crippen molar-refractivity contribution in [3.05, 3.63) is 78.1 Å². The maximum atomic E-state index is 13.4. The monoisotopic (exact) mass is 454 g/mol. The summed E-state index contributed by atoms with van der Waals surface area (Å²) in [6, 6.07) is 19.4. The number of carbonyl (C=O) groups is 1. The van der Waals surface area contributed by atoms with Crippen LogP contribution in [0.1, 0.15) is 17.7 Å². The summed E-state index contributed by atoms with van der Waals surface area (Å²) in [7, 11) is 0. The number of nitrogens with two attached hydrogens (primary N) is 1. The Kier molecular flexibility index (Phi) is 5.92. The van der Waals surface area contributed by atoms with Crippen LogP contribution in [-0.2, 0) is 6.54 Å². The predicted octanol–water partition coefficient (Wildman–Crippen LogP) is 3.95. The maximum absolute atomic E-state index is 13.4. The minimum Gasteiger partial charge on any atom is -0.382 e. The topological polar surface area (TPSA) is 114 Å². The lowest BCUT2D eigenvalue weighted by Crippen LogP contribution is -2.36. The Balaban J connectivity index is 1.44. The standard InChI is InChI=1S/C25H26N8O/c1-17-5-2-6-18(13-17)22-9-10-23-24(30-22)32(12-4-11-27-23)25(34)29-19-7-3-8-20(14-19)33-21(15-26)16-28-31-33/h2-3,5-10,13-14,16,27H,4,11-12,15,26H2,1H3,(H,29,34). The van der Waals surface area contributed by atoms with Gasteiger partial charge in [0, 0.05) is 30.9 Å². The fraction of sp³-hybridized carbons (Fsp3) is 0.200. The minimum absolute atomic E-state index is 0.242. The molecular formula is C25H26N8O. The lowest BCUT2D eigenvalue weighted by molar-refractivity contribution is 0.257. The Morgan fingerprint density at radius 2 is 2.03 bits per heavy atom. The summed E-state index contributed by atoms with van der Waals surface area (Å²) in [5, 5.41) is 14.4. The van der Waals surface area contributed by atoms with E-state index in [0.29, 0.717) is 24.6 Å². The molecule has 0 atom stereocenters. The summed E-state index contributed by atoms with van der Waals surface area (Å²) in [6.45, 7) is 3.69. The second kappa shape index (κ2) is 9.32. The number of fused-ring (bicyclic) bond motifs is 1. The van der Waals surface area contributed by atoms with E-state index in [-0.39, 0.29) is 6.03 Å². The van der Waals surface area contributed by atoms with Crippen molar-refractivity contribution in [3.8, 4) is 16.9 Å². The number of nitrogens with one attached hydrogen (secondary N) is 2. The van der Waals surface area contributed by atoms with Crippen molar-refractivity contribution < 1.29 is 4.79 Å². The molecule has 2 aromatic heterocycles. The zero-order valence-corrected chi connectivity index (χ0v) is 18.9. The van der Waals surface area contributed by atoms with Gasteiger partial charge < -0.3 is 16.4 Å². The number of hydrogen-bond donors (Lipinski definition) is 3. The van der Waals surface area contributed by atoms with Crippen LogP contribution >= 0.6 is 0 Å². The first-order valence-corrected chi connectivity index (χ1v) is 11.2. The number of anilines is 3. The second-order valence-electron chi connectivity index (χ2n) is 8.19. The molecule has 1 aliphatic heterocycles. The van der Waals surface area contributed by atoms with E-state index in [0.717, 1.165) is 46.9 Å². The third-order valence-corrected chi connectivity index (χ3v) is 5.73. The third-order valence-electron chi connectivity index (χ3n) is 5.73. The normalized spacial score (nSPS) is 13.1. The lowest BCUT2D eigenvalue weighted by atomic mass is 10.1. The van der Waals surface area contributed by atoms with Gasteiger partial charge in [-0.05, 0) is 49.7 Å². The van der Waals surface area contributed by atoms with Crippen LogP contribution in [0, 0.1) is 6.92 Å². The van der Waals surface area contributed by atoms with E-state index in [1.54, 1.807) is 15.8 Å². The molecule has 5 rings (SSSR count). The summed E-state index contributed by atoms with van der Waals surface area (Å²) < 4.78 is 1.66. The number of urea groups is 1. The average Bonchev–Trinajstić information content (AvgIpc) is 3.23. The molecule has 0 saturated carbocycles. The number of benzene rings is 2. The number of nitrogens with zero attached hydrogens (tertiary/aromatic N) is 5. The van der Waals surface area contributed by atoms with Crippen LogP contribution in [0.25, 0.3) is 16.9 Å². The highest BCUT2D eigenvalue weighted by Crippen LogP contribution is 2.31. The van der Waals surface area contributed by atoms with Crippen LogP contribution in [0.3, 0.4) is 0 Å². The van der Waals surface area contributed by atoms with Gasteiger partial charge in [0.25, 0.3) is 0 Å². The highest BCUT2D eigenvalue weighted by atomic mass is 16.2. The molecule has 9 nitrogen and oxygen atoms in total. The number of carbonyl (C=O) groups excluding carboxylic acids is 1. The van der Waals surface area contributed by atoms with Crippen LogP contribution in [-0.4, -0.2) is 39.1 Å². The van der Waals surface area contributed by atoms with E-state index < -0.39 is 0 Å². The molecule has 0 unspecified atom stereocenters. The summed E-state index contributed by atoms with van der Waals surface area (Å²) >= 11 is 0. The molecule has 0 saturated heterocycles. The summed E-state index contributed by atoms with van der Waals surface area (Å²) in [4.78, 5) is 20.0. The van der Waals surface area contributed by atoms with Gasteiger partial charge in [-0.25, -0.2) is 14.5 Å². The lowest BCUT2D eigenvalue weighted by Gasteiger charge is -2.22. The molecule has 34 heavy (non-hydrogen) atoms. The zero-order valence-electron chi connectivity index (χ0n) is 18.9. The summed E-state index contributed by atoms with van der Waals surface area (Å²) in [5.41, 5.74) is 11.8. The Morgan fingerprint density at radius 1 is 1.15 bits per heavy atom. The van der Waals surface area contributed by atoms with Crippen molar-refractivity contribution in [1.29, 1.82) is 0 Å². The average molecular weight is 455 g/mol. The van der Waals surface area contributed by atoms with E-state index in [9.17, 15) is 4.79 Å². The second-order valence-corrected chi connectivity index (χ2v) is 8.19. The number of amides is 2. The first-order chi connectivity index (χ1) is 16.6. The fourth-order valence-electron chi connectivity index (χ4n) is 4.04. The van der Waals surface area contributed by atoms with Gasteiger partial charge in [0.1, 0.15) is 0 Å². The van der Waals surface area contributed by atoms with Gasteiger partial charge in [-0.1, -0.05) is 35.0 Å². The predicted molar refractivity (Wildman–Crippen MR) is 133 cm³/mol. The maximum Gasteiger partial charge on any atom is 0.327 e. The Hall–Kier alpha value is -4.24. The smallest absolute Gasteiger partial charge is 0.327 e. The Morgan fingerprint density at radius 3 is 2.88 bits per heavy atom. The molecule has 1 aliphatic rings. The van der Waals surface area contributed by atoms with Gasteiger partial charge in [0.15, 0.2) is 5.82 Å². The molecule has 2 aromatic carbocycles. The molecule has 4 aromatic rings. The van der Waals surface area contributed by atoms with Crippen LogP contribution < -0.4 is 21.3 Å². The van der Waals surface area contributed by atoms with E-state index >= 15 is 0 Å². The molecule has 0 bridgehead atoms. The van der Waals surface area contributed by atoms with Gasteiger partial charge in [0.05, 0.1) is 29.0 Å². The van der Waals surface area contributed by atoms with Crippen molar-refractivity contribution in [2.24, 2.45) is 5.73 Å². The SMILES string of the molecule is Cc1cccc(-c2ccc3c(n2)N(C(=O)Nc2cccc(-n4nncc4CN)c2)CCCN3)c1. The molecule has 9 heteroatoms. The van der Waals surface area contributed by atoms with E-state index in [1.807, 2.05) is 48.5 Å². The van der Waals surface area contributed by atoms with E-state index in [2.05, 4.69) is 40.0 Å². The zero-order chi connectivity index (χ0) is 23.5. The molecule has 0 spiro atoms. The summed E-state index contributed by atoms with van der Waals surface area (Å²) in [5.74, 6) is 0.617. The molecule has 3 heterocycles. The Bertz CT molecular complexity index is 1330. The Labute approximate surface area is 197 Å². The number of aromatic nitrogens is 4. The molecule has 0 radical (unpaired) electrons. The van der Waals surface area contributed by atoms with Crippen molar-refractivity contribution in [1.82, 2.24) is 20.0 Å². The number of aryl methyl sites for hydroxylation is 1. The van der Waals surface area contributed by atoms with Crippen LogP contribution in [0.5, 0.6) is 0 Å². The molecule has 4 N–H and O–H groups in total.